The normalized spacial score (nSPS) is 9.86. The number of halogens is 1. The Balaban J connectivity index is 2.52. The van der Waals surface area contributed by atoms with Gasteiger partial charge >= 0.3 is 0 Å². The molecule has 0 unspecified atom stereocenters. The molecule has 0 atom stereocenters. The molecule has 0 aromatic carbocycles. The average molecular weight is 213 g/mol. The first-order valence-corrected chi connectivity index (χ1v) is 5.04. The Labute approximate surface area is 88.5 Å². The van der Waals surface area contributed by atoms with E-state index in [9.17, 15) is 4.79 Å². The average Bonchev–Trinajstić information content (AvgIpc) is 2.18. The molecule has 76 valence electrons. The Kier molecular flexibility index (Phi) is 4.40. The van der Waals surface area contributed by atoms with E-state index in [1.54, 1.807) is 12.4 Å². The first-order chi connectivity index (χ1) is 6.74. The van der Waals surface area contributed by atoms with Gasteiger partial charge in [-0.25, -0.2) is 0 Å². The van der Waals surface area contributed by atoms with Gasteiger partial charge in [-0.15, -0.1) is 11.6 Å². The topological polar surface area (TPSA) is 42.0 Å². The monoisotopic (exact) mass is 212 g/mol. The van der Waals surface area contributed by atoms with Crippen molar-refractivity contribution in [1.29, 1.82) is 0 Å². The minimum atomic E-state index is -0.0123. The Morgan fingerprint density at radius 3 is 3.07 bits per heavy atom. The molecule has 1 N–H and O–H groups in total. The lowest BCUT2D eigenvalue weighted by atomic mass is 10.2. The number of rotatable bonds is 4. The van der Waals surface area contributed by atoms with Crippen LogP contribution < -0.4 is 5.32 Å². The fourth-order valence-electron chi connectivity index (χ4n) is 1.03. The molecule has 0 saturated heterocycles. The Morgan fingerprint density at radius 2 is 2.43 bits per heavy atom. The predicted octanol–water partition coefficient (Wildman–Crippen LogP) is 2.35. The summed E-state index contributed by atoms with van der Waals surface area (Å²) in [6.07, 6.45) is 4.50. The Hall–Kier alpha value is -1.09. The maximum Gasteiger partial charge on any atom is 0.224 e. The van der Waals surface area contributed by atoms with E-state index in [4.69, 9.17) is 11.6 Å². The fraction of sp³-hybridized carbons (Fsp3) is 0.400. The van der Waals surface area contributed by atoms with E-state index < -0.39 is 0 Å². The molecule has 3 nitrogen and oxygen atoms in total. The van der Waals surface area contributed by atoms with E-state index in [-0.39, 0.29) is 5.91 Å². The third-order valence-electron chi connectivity index (χ3n) is 1.85. The second-order valence-electron chi connectivity index (χ2n) is 3.03. The van der Waals surface area contributed by atoms with Crippen LogP contribution in [0, 0.1) is 6.92 Å². The fourth-order valence-corrected chi connectivity index (χ4v) is 1.17. The van der Waals surface area contributed by atoms with Gasteiger partial charge in [0.05, 0.1) is 11.9 Å². The van der Waals surface area contributed by atoms with E-state index in [0.29, 0.717) is 18.7 Å². The quantitative estimate of drug-likeness (QED) is 0.779. The summed E-state index contributed by atoms with van der Waals surface area (Å²) in [6, 6.07) is 1.86. The number of amides is 1. The minimum absolute atomic E-state index is 0.0123. The van der Waals surface area contributed by atoms with Crippen LogP contribution in [0.1, 0.15) is 18.4 Å². The number of pyridine rings is 1. The molecule has 0 bridgehead atoms. The van der Waals surface area contributed by atoms with E-state index >= 15 is 0 Å². The van der Waals surface area contributed by atoms with Crippen LogP contribution in [0.2, 0.25) is 0 Å². The van der Waals surface area contributed by atoms with Crippen LogP contribution in [-0.2, 0) is 4.79 Å². The molecular formula is C10H13ClN2O. The first-order valence-electron chi connectivity index (χ1n) is 4.50. The number of aromatic nitrogens is 1. The molecule has 1 rings (SSSR count). The van der Waals surface area contributed by atoms with Crippen molar-refractivity contribution in [3.63, 3.8) is 0 Å². The molecule has 14 heavy (non-hydrogen) atoms. The van der Waals surface area contributed by atoms with E-state index in [2.05, 4.69) is 10.3 Å². The van der Waals surface area contributed by atoms with Gasteiger partial charge in [-0.05, 0) is 25.0 Å². The lowest BCUT2D eigenvalue weighted by Crippen LogP contribution is -2.12. The van der Waals surface area contributed by atoms with Gasteiger partial charge < -0.3 is 5.32 Å². The summed E-state index contributed by atoms with van der Waals surface area (Å²) in [4.78, 5) is 15.3. The summed E-state index contributed by atoms with van der Waals surface area (Å²) in [7, 11) is 0. The number of carbonyl (C=O) groups is 1. The van der Waals surface area contributed by atoms with Crippen LogP contribution in [0.4, 0.5) is 5.69 Å². The number of aryl methyl sites for hydroxylation is 1. The molecule has 0 saturated carbocycles. The summed E-state index contributed by atoms with van der Waals surface area (Å²) >= 11 is 5.49. The van der Waals surface area contributed by atoms with Crippen LogP contribution >= 0.6 is 11.6 Å². The number of carbonyl (C=O) groups excluding carboxylic acids is 1. The third kappa shape index (κ3) is 3.34. The highest BCUT2D eigenvalue weighted by Crippen LogP contribution is 2.11. The zero-order chi connectivity index (χ0) is 10.4. The minimum Gasteiger partial charge on any atom is -0.325 e. The van der Waals surface area contributed by atoms with Crippen LogP contribution in [0.25, 0.3) is 0 Å². The summed E-state index contributed by atoms with van der Waals surface area (Å²) in [5.41, 5.74) is 1.78. The Morgan fingerprint density at radius 1 is 1.64 bits per heavy atom. The highest BCUT2D eigenvalue weighted by atomic mass is 35.5. The van der Waals surface area contributed by atoms with Crippen molar-refractivity contribution in [1.82, 2.24) is 4.98 Å². The summed E-state index contributed by atoms with van der Waals surface area (Å²) in [5, 5.41) is 2.78. The van der Waals surface area contributed by atoms with Crippen molar-refractivity contribution in [2.24, 2.45) is 0 Å². The number of nitrogens with zero attached hydrogens (tertiary/aromatic N) is 1. The van der Waals surface area contributed by atoms with Gasteiger partial charge in [0.2, 0.25) is 5.91 Å². The molecule has 1 aromatic rings. The van der Waals surface area contributed by atoms with Crippen molar-refractivity contribution in [2.75, 3.05) is 11.2 Å². The number of hydrogen-bond donors (Lipinski definition) is 1. The van der Waals surface area contributed by atoms with Crippen molar-refractivity contribution < 1.29 is 4.79 Å². The highest BCUT2D eigenvalue weighted by Gasteiger charge is 2.03. The first kappa shape index (κ1) is 11.0. The molecule has 0 spiro atoms. The summed E-state index contributed by atoms with van der Waals surface area (Å²) in [5.74, 6) is 0.501. The second kappa shape index (κ2) is 5.60. The molecule has 4 heteroatoms. The van der Waals surface area contributed by atoms with Crippen LogP contribution in [0.5, 0.6) is 0 Å². The van der Waals surface area contributed by atoms with Gasteiger partial charge in [-0.3, -0.25) is 9.78 Å². The smallest absolute Gasteiger partial charge is 0.224 e. The largest absolute Gasteiger partial charge is 0.325 e. The molecule has 0 radical (unpaired) electrons. The molecule has 1 amide bonds. The highest BCUT2D eigenvalue weighted by molar-refractivity contribution is 6.18. The van der Waals surface area contributed by atoms with Crippen LogP contribution in [0.15, 0.2) is 18.5 Å². The SMILES string of the molecule is Cc1ccncc1NC(=O)CCCCl. The van der Waals surface area contributed by atoms with Crippen molar-refractivity contribution in [2.45, 2.75) is 19.8 Å². The maximum atomic E-state index is 11.3. The van der Waals surface area contributed by atoms with Gasteiger partial charge in [-0.1, -0.05) is 0 Å². The van der Waals surface area contributed by atoms with Gasteiger partial charge in [-0.2, -0.15) is 0 Å². The van der Waals surface area contributed by atoms with E-state index in [1.165, 1.54) is 0 Å². The summed E-state index contributed by atoms with van der Waals surface area (Å²) in [6.45, 7) is 1.93. The lowest BCUT2D eigenvalue weighted by molar-refractivity contribution is -0.116. The number of anilines is 1. The molecule has 1 aromatic heterocycles. The van der Waals surface area contributed by atoms with E-state index in [1.807, 2.05) is 13.0 Å². The molecule has 0 aliphatic rings. The number of alkyl halides is 1. The van der Waals surface area contributed by atoms with Crippen LogP contribution in [0.3, 0.4) is 0 Å². The van der Waals surface area contributed by atoms with E-state index in [0.717, 1.165) is 11.3 Å². The zero-order valence-corrected chi connectivity index (χ0v) is 8.84. The van der Waals surface area contributed by atoms with Gasteiger partial charge in [0.1, 0.15) is 0 Å². The molecule has 1 heterocycles. The van der Waals surface area contributed by atoms with Crippen molar-refractivity contribution in [3.8, 4) is 0 Å². The molecule has 0 aliphatic carbocycles. The van der Waals surface area contributed by atoms with Gasteiger partial charge in [0, 0.05) is 18.5 Å². The van der Waals surface area contributed by atoms with Gasteiger partial charge in [0.25, 0.3) is 0 Å². The standard InChI is InChI=1S/C10H13ClN2O/c1-8-4-6-12-7-9(8)13-10(14)3-2-5-11/h4,6-7H,2-3,5H2,1H3,(H,13,14). The van der Waals surface area contributed by atoms with Gasteiger partial charge in [0.15, 0.2) is 0 Å². The maximum absolute atomic E-state index is 11.3. The van der Waals surface area contributed by atoms with Crippen LogP contribution in [-0.4, -0.2) is 16.8 Å². The lowest BCUT2D eigenvalue weighted by Gasteiger charge is -2.06. The van der Waals surface area contributed by atoms with Crippen molar-refractivity contribution >= 4 is 23.2 Å². The van der Waals surface area contributed by atoms with Crippen molar-refractivity contribution in [3.05, 3.63) is 24.0 Å². The molecule has 0 aliphatic heterocycles. The number of hydrogen-bond acceptors (Lipinski definition) is 2. The Bertz CT molecular complexity index is 315. The molecule has 0 fully saturated rings. The zero-order valence-electron chi connectivity index (χ0n) is 8.09. The third-order valence-corrected chi connectivity index (χ3v) is 2.12. The molecular weight excluding hydrogens is 200 g/mol. The second-order valence-corrected chi connectivity index (χ2v) is 3.41. The summed E-state index contributed by atoms with van der Waals surface area (Å²) < 4.78 is 0. The number of nitrogens with one attached hydrogen (secondary N) is 1. The predicted molar refractivity (Wildman–Crippen MR) is 57.6 cm³/mol.